The lowest BCUT2D eigenvalue weighted by Crippen LogP contribution is -1.98. The summed E-state index contributed by atoms with van der Waals surface area (Å²) < 4.78 is 0. The van der Waals surface area contributed by atoms with E-state index in [1.54, 1.807) is 0 Å². The Hall–Kier alpha value is -1.11. The van der Waals surface area contributed by atoms with E-state index in [2.05, 4.69) is 17.1 Å². The average Bonchev–Trinajstić information content (AvgIpc) is 2.20. The highest BCUT2D eigenvalue weighted by molar-refractivity contribution is 6.11. The van der Waals surface area contributed by atoms with E-state index in [1.165, 1.54) is 5.57 Å². The van der Waals surface area contributed by atoms with Gasteiger partial charge in [-0.2, -0.15) is 0 Å². The molecule has 0 aromatic heterocycles. The third kappa shape index (κ3) is 2.87. The lowest BCUT2D eigenvalue weighted by atomic mass is 10.1. The Kier molecular flexibility index (Phi) is 5.98. The molecule has 0 saturated heterocycles. The largest absolute Gasteiger partial charge is 0.288 e. The van der Waals surface area contributed by atoms with Crippen molar-refractivity contribution in [2.75, 3.05) is 7.05 Å². The van der Waals surface area contributed by atoms with Crippen LogP contribution in [0, 0.1) is 0 Å². The van der Waals surface area contributed by atoms with Crippen LogP contribution in [0.25, 0.3) is 0 Å². The second kappa shape index (κ2) is 6.59. The van der Waals surface area contributed by atoms with Crippen molar-refractivity contribution in [3.05, 3.63) is 36.0 Å². The van der Waals surface area contributed by atoms with E-state index in [0.29, 0.717) is 0 Å². The second-order valence-corrected chi connectivity index (χ2v) is 2.07. The van der Waals surface area contributed by atoms with Gasteiger partial charge in [-0.25, -0.2) is 0 Å². The van der Waals surface area contributed by atoms with Crippen molar-refractivity contribution in [1.29, 1.82) is 0 Å². The maximum Gasteiger partial charge on any atom is 0.0639 e. The van der Waals surface area contributed by atoms with Crippen molar-refractivity contribution in [1.82, 2.24) is 0 Å². The van der Waals surface area contributed by atoms with Gasteiger partial charge in [-0.1, -0.05) is 38.2 Å². The molecule has 0 heterocycles. The molecule has 0 aromatic rings. The maximum absolute atomic E-state index is 4.11. The van der Waals surface area contributed by atoms with Crippen LogP contribution >= 0.6 is 0 Å². The van der Waals surface area contributed by atoms with Crippen molar-refractivity contribution < 1.29 is 0 Å². The molecule has 1 aliphatic rings. The molecule has 0 radical (unpaired) electrons. The topological polar surface area (TPSA) is 12.4 Å². The standard InChI is InChI=1S/C9H11N.C2H6/c1-3-8-6-4-5-7-9(8)10-2;1-2/h3-7H,1-2H3;1-2H3/b8-3-,10-9?;. The summed E-state index contributed by atoms with van der Waals surface area (Å²) in [6, 6.07) is 0. The molecule has 1 nitrogen and oxygen atoms in total. The zero-order valence-corrected chi connectivity index (χ0v) is 8.33. The van der Waals surface area contributed by atoms with Crippen molar-refractivity contribution in [2.24, 2.45) is 4.99 Å². The summed E-state index contributed by atoms with van der Waals surface area (Å²) >= 11 is 0. The first kappa shape index (κ1) is 10.9. The van der Waals surface area contributed by atoms with Gasteiger partial charge in [-0.15, -0.1) is 0 Å². The molecule has 0 aromatic carbocycles. The highest BCUT2D eigenvalue weighted by Crippen LogP contribution is 2.06. The molecule has 0 bridgehead atoms. The lowest BCUT2D eigenvalue weighted by molar-refractivity contribution is 1.43. The van der Waals surface area contributed by atoms with Crippen LogP contribution in [-0.4, -0.2) is 12.8 Å². The third-order valence-corrected chi connectivity index (χ3v) is 1.49. The van der Waals surface area contributed by atoms with E-state index in [-0.39, 0.29) is 0 Å². The third-order valence-electron chi connectivity index (χ3n) is 1.49. The van der Waals surface area contributed by atoms with Crippen LogP contribution in [0.5, 0.6) is 0 Å². The van der Waals surface area contributed by atoms with Gasteiger partial charge in [-0.05, 0) is 18.6 Å². The minimum atomic E-state index is 1.06. The zero-order valence-electron chi connectivity index (χ0n) is 8.33. The molecule has 0 fully saturated rings. The Bertz CT molecular complexity index is 203. The van der Waals surface area contributed by atoms with E-state index in [4.69, 9.17) is 0 Å². The van der Waals surface area contributed by atoms with E-state index in [0.717, 1.165) is 5.71 Å². The minimum absolute atomic E-state index is 1.06. The van der Waals surface area contributed by atoms with Gasteiger partial charge in [0.1, 0.15) is 0 Å². The molecule has 66 valence electrons. The van der Waals surface area contributed by atoms with Gasteiger partial charge in [0, 0.05) is 7.05 Å². The summed E-state index contributed by atoms with van der Waals surface area (Å²) in [5, 5.41) is 0. The average molecular weight is 163 g/mol. The molecule has 0 aliphatic heterocycles. The van der Waals surface area contributed by atoms with Crippen LogP contribution in [0.4, 0.5) is 0 Å². The van der Waals surface area contributed by atoms with Crippen LogP contribution in [0.3, 0.4) is 0 Å². The Morgan fingerprint density at radius 1 is 1.17 bits per heavy atom. The first-order valence-electron chi connectivity index (χ1n) is 4.36. The molecule has 1 heteroatoms. The summed E-state index contributed by atoms with van der Waals surface area (Å²) in [7, 11) is 1.81. The number of aliphatic imine (C=N–C) groups is 1. The highest BCUT2D eigenvalue weighted by atomic mass is 14.7. The predicted molar refractivity (Wildman–Crippen MR) is 56.7 cm³/mol. The van der Waals surface area contributed by atoms with E-state index < -0.39 is 0 Å². The molecule has 1 rings (SSSR count). The Morgan fingerprint density at radius 3 is 2.17 bits per heavy atom. The quantitative estimate of drug-likeness (QED) is 0.520. The van der Waals surface area contributed by atoms with Crippen LogP contribution in [0.15, 0.2) is 40.9 Å². The fraction of sp³-hybridized carbons (Fsp3) is 0.364. The first-order chi connectivity index (χ1) is 5.88. The number of nitrogens with zero attached hydrogens (tertiary/aromatic N) is 1. The lowest BCUT2D eigenvalue weighted by Gasteiger charge is -2.03. The van der Waals surface area contributed by atoms with Crippen LogP contribution in [-0.2, 0) is 0 Å². The fourth-order valence-electron chi connectivity index (χ4n) is 0.935. The highest BCUT2D eigenvalue weighted by Gasteiger charge is 1.98. The van der Waals surface area contributed by atoms with Gasteiger partial charge >= 0.3 is 0 Å². The molecule has 0 saturated carbocycles. The second-order valence-electron chi connectivity index (χ2n) is 2.07. The van der Waals surface area contributed by atoms with Gasteiger partial charge in [0.2, 0.25) is 0 Å². The first-order valence-corrected chi connectivity index (χ1v) is 4.36. The van der Waals surface area contributed by atoms with Gasteiger partial charge in [0.05, 0.1) is 5.71 Å². The van der Waals surface area contributed by atoms with Gasteiger partial charge in [0.25, 0.3) is 0 Å². The number of rotatable bonds is 0. The number of allylic oxidation sites excluding steroid dienone is 6. The van der Waals surface area contributed by atoms with E-state index in [9.17, 15) is 0 Å². The van der Waals surface area contributed by atoms with Crippen molar-refractivity contribution in [3.8, 4) is 0 Å². The van der Waals surface area contributed by atoms with Crippen LogP contribution in [0.2, 0.25) is 0 Å². The van der Waals surface area contributed by atoms with E-state index in [1.807, 2.05) is 46.0 Å². The molecule has 0 unspecified atom stereocenters. The summed E-state index contributed by atoms with van der Waals surface area (Å²) in [5.74, 6) is 0. The molecule has 12 heavy (non-hydrogen) atoms. The number of hydrogen-bond donors (Lipinski definition) is 0. The van der Waals surface area contributed by atoms with Crippen molar-refractivity contribution in [2.45, 2.75) is 20.8 Å². The summed E-state index contributed by atoms with van der Waals surface area (Å²) in [5.41, 5.74) is 2.26. The molecule has 0 amide bonds. The predicted octanol–water partition coefficient (Wildman–Crippen LogP) is 3.16. The monoisotopic (exact) mass is 163 g/mol. The molecular formula is C11H17N. The Labute approximate surface area is 75.2 Å². The Balaban J connectivity index is 0.000000561. The van der Waals surface area contributed by atoms with Gasteiger partial charge in [-0.3, -0.25) is 4.99 Å². The van der Waals surface area contributed by atoms with Gasteiger partial charge in [0.15, 0.2) is 0 Å². The normalized spacial score (nSPS) is 21.0. The molecule has 0 atom stereocenters. The SMILES string of the molecule is C/C=C1/C=CC=CC1=NC.CC. The zero-order chi connectivity index (χ0) is 9.40. The van der Waals surface area contributed by atoms with Crippen molar-refractivity contribution >= 4 is 5.71 Å². The van der Waals surface area contributed by atoms with Crippen LogP contribution in [0.1, 0.15) is 20.8 Å². The minimum Gasteiger partial charge on any atom is -0.288 e. The van der Waals surface area contributed by atoms with Crippen molar-refractivity contribution in [3.63, 3.8) is 0 Å². The number of hydrogen-bond acceptors (Lipinski definition) is 1. The smallest absolute Gasteiger partial charge is 0.0639 e. The maximum atomic E-state index is 4.11. The molecule has 0 spiro atoms. The molecular weight excluding hydrogens is 146 g/mol. The molecule has 1 aliphatic carbocycles. The Morgan fingerprint density at radius 2 is 1.75 bits per heavy atom. The summed E-state index contributed by atoms with van der Waals surface area (Å²) in [4.78, 5) is 4.11. The molecule has 0 N–H and O–H groups in total. The van der Waals surface area contributed by atoms with Gasteiger partial charge < -0.3 is 0 Å². The van der Waals surface area contributed by atoms with Crippen LogP contribution < -0.4 is 0 Å². The van der Waals surface area contributed by atoms with E-state index >= 15 is 0 Å². The summed E-state index contributed by atoms with van der Waals surface area (Å²) in [6.07, 6.45) is 10.1. The summed E-state index contributed by atoms with van der Waals surface area (Å²) in [6.45, 7) is 6.02. The fourth-order valence-corrected chi connectivity index (χ4v) is 0.935.